The Morgan fingerprint density at radius 2 is 2.20 bits per heavy atom. The molecule has 0 aliphatic carbocycles. The Morgan fingerprint density at radius 1 is 1.45 bits per heavy atom. The van der Waals surface area contributed by atoms with Gasteiger partial charge in [0.1, 0.15) is 6.04 Å². The van der Waals surface area contributed by atoms with Crippen molar-refractivity contribution in [1.29, 1.82) is 0 Å². The molecule has 2 atom stereocenters. The summed E-state index contributed by atoms with van der Waals surface area (Å²) >= 11 is 0. The monoisotopic (exact) mass is 285 g/mol. The van der Waals surface area contributed by atoms with Gasteiger partial charge in [-0.3, -0.25) is 9.69 Å². The lowest BCUT2D eigenvalue weighted by molar-refractivity contribution is -0.146. The summed E-state index contributed by atoms with van der Waals surface area (Å²) in [5.41, 5.74) is 0. The second-order valence-corrected chi connectivity index (χ2v) is 5.78. The van der Waals surface area contributed by atoms with Crippen LogP contribution in [0.5, 0.6) is 0 Å². The van der Waals surface area contributed by atoms with E-state index >= 15 is 0 Å². The van der Waals surface area contributed by atoms with Crippen molar-refractivity contribution >= 4 is 5.97 Å². The van der Waals surface area contributed by atoms with E-state index in [1.165, 1.54) is 12.8 Å². The second kappa shape index (κ2) is 9.32. The van der Waals surface area contributed by atoms with Gasteiger partial charge in [0, 0.05) is 19.1 Å². The zero-order valence-electron chi connectivity index (χ0n) is 13.5. The Kier molecular flexibility index (Phi) is 8.11. The molecule has 0 saturated carbocycles. The van der Waals surface area contributed by atoms with Gasteiger partial charge in [-0.25, -0.2) is 0 Å². The Balaban J connectivity index is 2.52. The molecule has 0 aromatic heterocycles. The van der Waals surface area contributed by atoms with Crippen LogP contribution in [0, 0.1) is 0 Å². The second-order valence-electron chi connectivity index (χ2n) is 5.78. The quantitative estimate of drug-likeness (QED) is 0.673. The fourth-order valence-corrected chi connectivity index (χ4v) is 2.66. The van der Waals surface area contributed by atoms with E-state index in [9.17, 15) is 4.79 Å². The van der Waals surface area contributed by atoms with Gasteiger partial charge < -0.3 is 15.0 Å². The predicted octanol–water partition coefficient (Wildman–Crippen LogP) is 0.944. The van der Waals surface area contributed by atoms with E-state index in [4.69, 9.17) is 4.74 Å². The van der Waals surface area contributed by atoms with Crippen LogP contribution in [0.1, 0.15) is 33.1 Å². The van der Waals surface area contributed by atoms with Crippen LogP contribution >= 0.6 is 0 Å². The zero-order valence-corrected chi connectivity index (χ0v) is 13.5. The average molecular weight is 285 g/mol. The molecule has 118 valence electrons. The summed E-state index contributed by atoms with van der Waals surface area (Å²) < 4.78 is 5.18. The fraction of sp³-hybridized carbons (Fsp3) is 0.933. The van der Waals surface area contributed by atoms with Crippen LogP contribution in [0.25, 0.3) is 0 Å². The van der Waals surface area contributed by atoms with Crippen molar-refractivity contribution in [2.45, 2.75) is 45.2 Å². The molecule has 1 N–H and O–H groups in total. The topological polar surface area (TPSA) is 44.8 Å². The summed E-state index contributed by atoms with van der Waals surface area (Å²) in [5.74, 6) is -0.118. The molecular formula is C15H31N3O2. The van der Waals surface area contributed by atoms with Gasteiger partial charge in [0.2, 0.25) is 0 Å². The van der Waals surface area contributed by atoms with E-state index in [2.05, 4.69) is 36.1 Å². The number of rotatable bonds is 8. The number of ether oxygens (including phenoxy) is 1. The van der Waals surface area contributed by atoms with E-state index < -0.39 is 0 Å². The van der Waals surface area contributed by atoms with Crippen LogP contribution in [0.2, 0.25) is 0 Å². The maximum atomic E-state index is 12.0. The number of carbonyl (C=O) groups is 1. The minimum absolute atomic E-state index is 0.118. The first kappa shape index (κ1) is 17.4. The van der Waals surface area contributed by atoms with Gasteiger partial charge in [0.25, 0.3) is 0 Å². The predicted molar refractivity (Wildman–Crippen MR) is 81.9 cm³/mol. The molecule has 0 spiro atoms. The number of nitrogens with zero attached hydrogens (tertiary/aromatic N) is 2. The van der Waals surface area contributed by atoms with Crippen LogP contribution in [0.15, 0.2) is 0 Å². The first-order valence-electron chi connectivity index (χ1n) is 7.87. The first-order chi connectivity index (χ1) is 9.58. The average Bonchev–Trinajstić information content (AvgIpc) is 2.44. The van der Waals surface area contributed by atoms with E-state index in [0.717, 1.165) is 32.6 Å². The van der Waals surface area contributed by atoms with Gasteiger partial charge in [-0.05, 0) is 53.4 Å². The Hall–Kier alpha value is -0.650. The SMILES string of the molecule is CCCNC(CN1CCCC(N(C)C)C1)C(=O)OCC. The Morgan fingerprint density at radius 3 is 2.80 bits per heavy atom. The summed E-state index contributed by atoms with van der Waals surface area (Å²) in [6, 6.07) is 0.397. The number of esters is 1. The molecule has 1 heterocycles. The third kappa shape index (κ3) is 5.77. The number of piperidine rings is 1. The van der Waals surface area contributed by atoms with E-state index in [1.54, 1.807) is 0 Å². The molecule has 0 bridgehead atoms. The molecule has 0 aromatic carbocycles. The van der Waals surface area contributed by atoms with E-state index in [1.807, 2.05) is 6.92 Å². The molecule has 5 heteroatoms. The number of likely N-dealkylation sites (tertiary alicyclic amines) is 1. The molecule has 5 nitrogen and oxygen atoms in total. The lowest BCUT2D eigenvalue weighted by atomic mass is 10.0. The maximum Gasteiger partial charge on any atom is 0.324 e. The smallest absolute Gasteiger partial charge is 0.324 e. The lowest BCUT2D eigenvalue weighted by Crippen LogP contribution is -2.52. The molecule has 1 aliphatic rings. The highest BCUT2D eigenvalue weighted by molar-refractivity contribution is 5.76. The number of carbonyl (C=O) groups excluding carboxylic acids is 1. The van der Waals surface area contributed by atoms with Crippen molar-refractivity contribution in [2.24, 2.45) is 0 Å². The molecule has 1 rings (SSSR count). The van der Waals surface area contributed by atoms with Crippen molar-refractivity contribution in [1.82, 2.24) is 15.1 Å². The normalized spacial score (nSPS) is 21.9. The number of likely N-dealkylation sites (N-methyl/N-ethyl adjacent to an activating group) is 1. The van der Waals surface area contributed by atoms with E-state index in [-0.39, 0.29) is 12.0 Å². The van der Waals surface area contributed by atoms with Gasteiger partial charge in [-0.15, -0.1) is 0 Å². The van der Waals surface area contributed by atoms with Gasteiger partial charge in [0.05, 0.1) is 6.61 Å². The third-order valence-electron chi connectivity index (χ3n) is 3.86. The molecule has 2 unspecified atom stereocenters. The highest BCUT2D eigenvalue weighted by Crippen LogP contribution is 2.14. The summed E-state index contributed by atoms with van der Waals surface area (Å²) in [6.45, 7) is 8.14. The molecular weight excluding hydrogens is 254 g/mol. The highest BCUT2D eigenvalue weighted by Gasteiger charge is 2.26. The van der Waals surface area contributed by atoms with Crippen molar-refractivity contribution < 1.29 is 9.53 Å². The van der Waals surface area contributed by atoms with Crippen LogP contribution in [-0.4, -0.2) is 74.7 Å². The minimum atomic E-state index is -0.198. The number of hydrogen-bond donors (Lipinski definition) is 1. The third-order valence-corrected chi connectivity index (χ3v) is 3.86. The summed E-state index contributed by atoms with van der Waals surface area (Å²) in [7, 11) is 4.26. The number of hydrogen-bond acceptors (Lipinski definition) is 5. The number of nitrogens with one attached hydrogen (secondary N) is 1. The lowest BCUT2D eigenvalue weighted by Gasteiger charge is -2.37. The molecule has 0 radical (unpaired) electrons. The molecule has 0 aromatic rings. The van der Waals surface area contributed by atoms with Crippen molar-refractivity contribution in [3.63, 3.8) is 0 Å². The molecule has 1 saturated heterocycles. The van der Waals surface area contributed by atoms with Gasteiger partial charge in [0.15, 0.2) is 0 Å². The fourth-order valence-electron chi connectivity index (χ4n) is 2.66. The summed E-state index contributed by atoms with van der Waals surface area (Å²) in [5, 5.41) is 3.32. The van der Waals surface area contributed by atoms with Gasteiger partial charge in [-0.1, -0.05) is 6.92 Å². The maximum absolute atomic E-state index is 12.0. The first-order valence-corrected chi connectivity index (χ1v) is 7.87. The van der Waals surface area contributed by atoms with Crippen LogP contribution < -0.4 is 5.32 Å². The minimum Gasteiger partial charge on any atom is -0.465 e. The standard InChI is InChI=1S/C15H31N3O2/c1-5-9-16-14(15(19)20-6-2)12-18-10-7-8-13(11-18)17(3)4/h13-14,16H,5-12H2,1-4H3. The highest BCUT2D eigenvalue weighted by atomic mass is 16.5. The van der Waals surface area contributed by atoms with Crippen LogP contribution in [0.4, 0.5) is 0 Å². The van der Waals surface area contributed by atoms with Crippen molar-refractivity contribution in [2.75, 3.05) is 46.9 Å². The largest absolute Gasteiger partial charge is 0.465 e. The summed E-state index contributed by atoms with van der Waals surface area (Å²) in [4.78, 5) is 16.7. The zero-order chi connectivity index (χ0) is 15.0. The van der Waals surface area contributed by atoms with Gasteiger partial charge in [-0.2, -0.15) is 0 Å². The van der Waals surface area contributed by atoms with Gasteiger partial charge >= 0.3 is 5.97 Å². The molecule has 1 fully saturated rings. The molecule has 0 amide bonds. The van der Waals surface area contributed by atoms with Crippen molar-refractivity contribution in [3.8, 4) is 0 Å². The molecule has 20 heavy (non-hydrogen) atoms. The summed E-state index contributed by atoms with van der Waals surface area (Å²) in [6.07, 6.45) is 3.47. The van der Waals surface area contributed by atoms with Crippen molar-refractivity contribution in [3.05, 3.63) is 0 Å². The van der Waals surface area contributed by atoms with Crippen LogP contribution in [0.3, 0.4) is 0 Å². The molecule has 1 aliphatic heterocycles. The Labute approximate surface area is 123 Å². The van der Waals surface area contributed by atoms with Crippen LogP contribution in [-0.2, 0) is 9.53 Å². The Bertz CT molecular complexity index is 284. The van der Waals surface area contributed by atoms with E-state index in [0.29, 0.717) is 12.6 Å².